The van der Waals surface area contributed by atoms with E-state index in [9.17, 15) is 4.79 Å². The van der Waals surface area contributed by atoms with E-state index < -0.39 is 0 Å². The second kappa shape index (κ2) is 7.61. The Morgan fingerprint density at radius 2 is 2.14 bits per heavy atom. The summed E-state index contributed by atoms with van der Waals surface area (Å²) in [4.78, 5) is 14.1. The van der Waals surface area contributed by atoms with Crippen LogP contribution in [0, 0.1) is 6.92 Å². The van der Waals surface area contributed by atoms with E-state index in [2.05, 4.69) is 17.1 Å². The molecule has 0 amide bonds. The molecule has 0 aliphatic carbocycles. The maximum absolute atomic E-state index is 11.5. The van der Waals surface area contributed by atoms with Crippen molar-refractivity contribution in [3.8, 4) is 0 Å². The van der Waals surface area contributed by atoms with Crippen molar-refractivity contribution in [2.75, 3.05) is 26.7 Å². The van der Waals surface area contributed by atoms with E-state index in [-0.39, 0.29) is 5.97 Å². The van der Waals surface area contributed by atoms with Crippen molar-refractivity contribution in [2.24, 2.45) is 0 Å². The lowest BCUT2D eigenvalue weighted by Crippen LogP contribution is -2.42. The fourth-order valence-corrected chi connectivity index (χ4v) is 2.84. The summed E-state index contributed by atoms with van der Waals surface area (Å²) in [7, 11) is 1.38. The molecule has 2 rings (SSSR count). The van der Waals surface area contributed by atoms with Crippen molar-refractivity contribution >= 4 is 5.97 Å². The molecule has 1 N–H and O–H groups in total. The van der Waals surface area contributed by atoms with Gasteiger partial charge in [-0.25, -0.2) is 4.79 Å². The van der Waals surface area contributed by atoms with E-state index in [1.807, 2.05) is 0 Å². The molecule has 0 bridgehead atoms. The number of ether oxygens (including phenoxy) is 1. The van der Waals surface area contributed by atoms with Gasteiger partial charge in [0.2, 0.25) is 0 Å². The highest BCUT2D eigenvalue weighted by Crippen LogP contribution is 2.16. The highest BCUT2D eigenvalue weighted by Gasteiger charge is 2.17. The molecule has 1 aliphatic rings. The highest BCUT2D eigenvalue weighted by molar-refractivity contribution is 5.90. The molecule has 21 heavy (non-hydrogen) atoms. The monoisotopic (exact) mass is 294 g/mol. The summed E-state index contributed by atoms with van der Waals surface area (Å²) in [6.45, 7) is 8.01. The van der Waals surface area contributed by atoms with Crippen molar-refractivity contribution < 1.29 is 13.9 Å². The van der Waals surface area contributed by atoms with Gasteiger partial charge in [0.25, 0.3) is 0 Å². The van der Waals surface area contributed by atoms with Gasteiger partial charge in [0.05, 0.1) is 13.7 Å². The van der Waals surface area contributed by atoms with E-state index in [4.69, 9.17) is 9.15 Å². The average molecular weight is 294 g/mol. The van der Waals surface area contributed by atoms with Gasteiger partial charge in [-0.2, -0.15) is 0 Å². The lowest BCUT2D eigenvalue weighted by molar-refractivity contribution is 0.0599. The predicted octanol–water partition coefficient (Wildman–Crippen LogP) is 2.34. The minimum absolute atomic E-state index is 0.343. The van der Waals surface area contributed by atoms with Crippen LogP contribution in [0.2, 0.25) is 0 Å². The van der Waals surface area contributed by atoms with Crippen molar-refractivity contribution in [3.63, 3.8) is 0 Å². The first-order valence-corrected chi connectivity index (χ1v) is 7.74. The molecule has 2 heterocycles. The van der Waals surface area contributed by atoms with Gasteiger partial charge in [-0.15, -0.1) is 0 Å². The molecule has 5 nitrogen and oxygen atoms in total. The van der Waals surface area contributed by atoms with Crippen LogP contribution in [-0.2, 0) is 11.3 Å². The Hall–Kier alpha value is -1.33. The number of likely N-dealkylation sites (tertiary alicyclic amines) is 1. The minimum Gasteiger partial charge on any atom is -0.465 e. The van der Waals surface area contributed by atoms with Gasteiger partial charge in [-0.05, 0) is 45.8 Å². The van der Waals surface area contributed by atoms with Gasteiger partial charge >= 0.3 is 5.97 Å². The molecule has 5 heteroatoms. The number of esters is 1. The van der Waals surface area contributed by atoms with Gasteiger partial charge in [0.1, 0.15) is 17.1 Å². The molecular weight excluding hydrogens is 268 g/mol. The summed E-state index contributed by atoms with van der Waals surface area (Å²) in [6.07, 6.45) is 3.98. The number of hydrogen-bond donors (Lipinski definition) is 1. The molecule has 1 fully saturated rings. The van der Waals surface area contributed by atoms with Crippen LogP contribution in [0.5, 0.6) is 0 Å². The van der Waals surface area contributed by atoms with E-state index >= 15 is 0 Å². The average Bonchev–Trinajstić information content (AvgIpc) is 2.88. The minimum atomic E-state index is -0.343. The second-order valence-electron chi connectivity index (χ2n) is 5.75. The van der Waals surface area contributed by atoms with E-state index in [1.165, 1.54) is 39.5 Å². The van der Waals surface area contributed by atoms with Crippen molar-refractivity contribution in [2.45, 2.75) is 45.7 Å². The maximum atomic E-state index is 11.5. The van der Waals surface area contributed by atoms with Gasteiger partial charge < -0.3 is 14.5 Å². The fraction of sp³-hybridized carbons (Fsp3) is 0.688. The highest BCUT2D eigenvalue weighted by atomic mass is 16.5. The van der Waals surface area contributed by atoms with Gasteiger partial charge in [0, 0.05) is 12.6 Å². The first kappa shape index (κ1) is 16.0. The Morgan fingerprint density at radius 1 is 1.43 bits per heavy atom. The molecule has 0 spiro atoms. The summed E-state index contributed by atoms with van der Waals surface area (Å²) in [6, 6.07) is 2.29. The Balaban J connectivity index is 1.79. The topological polar surface area (TPSA) is 54.7 Å². The number of methoxy groups -OCH3 is 1. The number of nitrogens with zero attached hydrogens (tertiary/aromatic N) is 1. The third-order valence-electron chi connectivity index (χ3n) is 4.13. The van der Waals surface area contributed by atoms with Gasteiger partial charge in [-0.1, -0.05) is 6.42 Å². The van der Waals surface area contributed by atoms with E-state index in [1.54, 1.807) is 13.0 Å². The number of piperidine rings is 1. The van der Waals surface area contributed by atoms with Crippen LogP contribution in [0.15, 0.2) is 10.5 Å². The van der Waals surface area contributed by atoms with Crippen LogP contribution in [0.1, 0.15) is 48.1 Å². The third kappa shape index (κ3) is 4.32. The number of carbonyl (C=O) groups is 1. The number of aryl methyl sites for hydroxylation is 1. The molecule has 0 saturated carbocycles. The quantitative estimate of drug-likeness (QED) is 0.816. The molecule has 118 valence electrons. The lowest BCUT2D eigenvalue weighted by atomic mass is 10.1. The number of nitrogens with one attached hydrogen (secondary N) is 1. The smallest absolute Gasteiger partial charge is 0.341 e. The Labute approximate surface area is 126 Å². The van der Waals surface area contributed by atoms with Crippen LogP contribution in [0.25, 0.3) is 0 Å². The number of furan rings is 1. The maximum Gasteiger partial charge on any atom is 0.341 e. The van der Waals surface area contributed by atoms with Crippen LogP contribution >= 0.6 is 0 Å². The Morgan fingerprint density at radius 3 is 2.81 bits per heavy atom. The zero-order valence-electron chi connectivity index (χ0n) is 13.3. The molecule has 0 aromatic carbocycles. The van der Waals surface area contributed by atoms with Crippen LogP contribution in [0.4, 0.5) is 0 Å². The zero-order valence-corrected chi connectivity index (χ0v) is 13.3. The van der Waals surface area contributed by atoms with Crippen LogP contribution in [-0.4, -0.2) is 43.7 Å². The molecule has 1 unspecified atom stereocenters. The SMILES string of the molecule is COC(=O)c1cc(CNCC(C)N2CCCCC2)oc1C. The summed E-state index contributed by atoms with van der Waals surface area (Å²) in [5.74, 6) is 1.05. The normalized spacial score (nSPS) is 17.7. The molecule has 1 saturated heterocycles. The summed E-state index contributed by atoms with van der Waals surface area (Å²) in [5, 5.41) is 3.41. The first-order valence-electron chi connectivity index (χ1n) is 7.74. The van der Waals surface area contributed by atoms with Gasteiger partial charge in [0.15, 0.2) is 0 Å². The number of hydrogen-bond acceptors (Lipinski definition) is 5. The molecular formula is C16H26N2O3. The van der Waals surface area contributed by atoms with Crippen molar-refractivity contribution in [3.05, 3.63) is 23.2 Å². The molecule has 1 aromatic rings. The zero-order chi connectivity index (χ0) is 15.2. The fourth-order valence-electron chi connectivity index (χ4n) is 2.84. The Bertz CT molecular complexity index is 464. The number of rotatable bonds is 6. The predicted molar refractivity (Wildman–Crippen MR) is 81.4 cm³/mol. The molecule has 0 radical (unpaired) electrons. The van der Waals surface area contributed by atoms with Crippen molar-refractivity contribution in [1.82, 2.24) is 10.2 Å². The summed E-state index contributed by atoms with van der Waals surface area (Å²) >= 11 is 0. The second-order valence-corrected chi connectivity index (χ2v) is 5.75. The van der Waals surface area contributed by atoms with Crippen LogP contribution < -0.4 is 5.32 Å². The standard InChI is InChI=1S/C16H26N2O3/c1-12(18-7-5-4-6-8-18)10-17-11-14-9-15(13(2)21-14)16(19)20-3/h9,12,17H,4-8,10-11H2,1-3H3. The van der Waals surface area contributed by atoms with Crippen LogP contribution in [0.3, 0.4) is 0 Å². The van der Waals surface area contributed by atoms with Gasteiger partial charge in [-0.3, -0.25) is 4.90 Å². The third-order valence-corrected chi connectivity index (χ3v) is 4.13. The van der Waals surface area contributed by atoms with Crippen molar-refractivity contribution in [1.29, 1.82) is 0 Å². The summed E-state index contributed by atoms with van der Waals surface area (Å²) < 4.78 is 10.3. The largest absolute Gasteiger partial charge is 0.465 e. The lowest BCUT2D eigenvalue weighted by Gasteiger charge is -2.32. The Kier molecular flexibility index (Phi) is 5.82. The summed E-state index contributed by atoms with van der Waals surface area (Å²) in [5.41, 5.74) is 0.512. The first-order chi connectivity index (χ1) is 10.1. The molecule has 1 aliphatic heterocycles. The molecule has 1 atom stereocenters. The van der Waals surface area contributed by atoms with E-state index in [0.717, 1.165) is 12.3 Å². The van der Waals surface area contributed by atoms with E-state index in [0.29, 0.717) is 23.9 Å². The molecule has 1 aromatic heterocycles. The number of carbonyl (C=O) groups excluding carboxylic acids is 1.